The molecule has 0 spiro atoms. The summed E-state index contributed by atoms with van der Waals surface area (Å²) in [6.07, 6.45) is 1.49. The topological polar surface area (TPSA) is 58.1 Å². The Morgan fingerprint density at radius 3 is 3.08 bits per heavy atom. The Balaban J connectivity index is 2.48. The van der Waals surface area contributed by atoms with E-state index in [1.165, 1.54) is 6.20 Å². The van der Waals surface area contributed by atoms with E-state index in [1.807, 2.05) is 7.05 Å². The van der Waals surface area contributed by atoms with Crippen molar-refractivity contribution in [1.82, 2.24) is 19.8 Å². The van der Waals surface area contributed by atoms with Crippen molar-refractivity contribution in [2.24, 2.45) is 0 Å². The number of rotatable bonds is 4. The van der Waals surface area contributed by atoms with Gasteiger partial charge in [0.15, 0.2) is 0 Å². The average molecular weight is 200 g/mol. The van der Waals surface area contributed by atoms with Gasteiger partial charge in [0.2, 0.25) is 0 Å². The summed E-state index contributed by atoms with van der Waals surface area (Å²) in [6, 6.07) is 0. The molecular formula is C7H12N4OS. The first-order valence-electron chi connectivity index (χ1n) is 3.93. The molecule has 0 saturated carbocycles. The lowest BCUT2D eigenvalue weighted by molar-refractivity contribution is 0.0801. The Morgan fingerprint density at radius 2 is 2.54 bits per heavy atom. The summed E-state index contributed by atoms with van der Waals surface area (Å²) < 4.78 is 3.63. The number of hydrogen-bond donors (Lipinski definition) is 1. The number of carbonyl (C=O) groups is 1. The van der Waals surface area contributed by atoms with Crippen molar-refractivity contribution in [3.05, 3.63) is 11.1 Å². The fourth-order valence-electron chi connectivity index (χ4n) is 0.831. The van der Waals surface area contributed by atoms with Gasteiger partial charge in [0, 0.05) is 20.1 Å². The number of amides is 1. The molecule has 1 heterocycles. The van der Waals surface area contributed by atoms with E-state index in [0.717, 1.165) is 18.1 Å². The van der Waals surface area contributed by atoms with Crippen molar-refractivity contribution in [2.75, 3.05) is 27.2 Å². The summed E-state index contributed by atoms with van der Waals surface area (Å²) >= 11 is 1.12. The molecule has 0 aliphatic heterocycles. The van der Waals surface area contributed by atoms with Crippen LogP contribution in [0.4, 0.5) is 0 Å². The number of likely N-dealkylation sites (N-methyl/N-ethyl adjacent to an activating group) is 2. The Hall–Kier alpha value is -1.01. The molecule has 5 nitrogen and oxygen atoms in total. The second-order valence-corrected chi connectivity index (χ2v) is 3.40. The molecule has 13 heavy (non-hydrogen) atoms. The number of carbonyl (C=O) groups excluding carboxylic acids is 1. The second-order valence-electron chi connectivity index (χ2n) is 2.61. The molecule has 0 aromatic carbocycles. The van der Waals surface area contributed by atoms with Crippen molar-refractivity contribution in [3.63, 3.8) is 0 Å². The van der Waals surface area contributed by atoms with Gasteiger partial charge in [-0.1, -0.05) is 4.49 Å². The molecule has 1 N–H and O–H groups in total. The molecule has 1 amide bonds. The van der Waals surface area contributed by atoms with Crippen LogP contribution in [0, 0.1) is 0 Å². The first-order chi connectivity index (χ1) is 6.25. The molecule has 0 saturated heterocycles. The lowest BCUT2D eigenvalue weighted by atomic mass is 10.4. The molecule has 0 radical (unpaired) electrons. The van der Waals surface area contributed by atoms with Crippen LogP contribution in [0.25, 0.3) is 0 Å². The number of nitrogens with one attached hydrogen (secondary N) is 1. The molecule has 1 rings (SSSR count). The van der Waals surface area contributed by atoms with E-state index in [9.17, 15) is 4.79 Å². The third kappa shape index (κ3) is 2.74. The maximum Gasteiger partial charge on any atom is 0.267 e. The lowest BCUT2D eigenvalue weighted by Gasteiger charge is -2.14. The van der Waals surface area contributed by atoms with Gasteiger partial charge in [0.05, 0.1) is 6.20 Å². The van der Waals surface area contributed by atoms with Crippen molar-refractivity contribution in [3.8, 4) is 0 Å². The van der Waals surface area contributed by atoms with E-state index in [0.29, 0.717) is 11.4 Å². The van der Waals surface area contributed by atoms with Gasteiger partial charge < -0.3 is 10.2 Å². The first kappa shape index (κ1) is 10.1. The van der Waals surface area contributed by atoms with Gasteiger partial charge >= 0.3 is 0 Å². The number of hydrogen-bond acceptors (Lipinski definition) is 5. The van der Waals surface area contributed by atoms with Crippen LogP contribution in [-0.4, -0.2) is 47.6 Å². The standard InChI is InChI=1S/C7H12N4OS/c1-8-3-4-11(2)7(12)6-5-9-10-13-6/h5,8H,3-4H2,1-2H3. The minimum Gasteiger partial charge on any atom is -0.340 e. The number of aromatic nitrogens is 2. The van der Waals surface area contributed by atoms with E-state index in [1.54, 1.807) is 11.9 Å². The van der Waals surface area contributed by atoms with Gasteiger partial charge in [0.1, 0.15) is 4.88 Å². The molecule has 0 aliphatic rings. The highest BCUT2D eigenvalue weighted by Crippen LogP contribution is 2.04. The third-order valence-electron chi connectivity index (χ3n) is 1.62. The molecule has 1 aromatic heterocycles. The largest absolute Gasteiger partial charge is 0.340 e. The quantitative estimate of drug-likeness (QED) is 0.733. The molecule has 72 valence electrons. The van der Waals surface area contributed by atoms with E-state index < -0.39 is 0 Å². The van der Waals surface area contributed by atoms with Crippen LogP contribution >= 0.6 is 11.5 Å². The predicted octanol–water partition coefficient (Wildman–Crippen LogP) is -0.170. The van der Waals surface area contributed by atoms with Crippen molar-refractivity contribution in [2.45, 2.75) is 0 Å². The summed E-state index contributed by atoms with van der Waals surface area (Å²) in [6.45, 7) is 1.47. The van der Waals surface area contributed by atoms with Gasteiger partial charge in [-0.05, 0) is 18.6 Å². The van der Waals surface area contributed by atoms with Gasteiger partial charge in [-0.25, -0.2) is 0 Å². The maximum atomic E-state index is 11.5. The van der Waals surface area contributed by atoms with Gasteiger partial charge in [-0.2, -0.15) is 0 Å². The second kappa shape index (κ2) is 4.88. The molecular weight excluding hydrogens is 188 g/mol. The van der Waals surface area contributed by atoms with Crippen molar-refractivity contribution in [1.29, 1.82) is 0 Å². The highest BCUT2D eigenvalue weighted by molar-refractivity contribution is 7.07. The smallest absolute Gasteiger partial charge is 0.267 e. The number of nitrogens with zero attached hydrogens (tertiary/aromatic N) is 3. The van der Waals surface area contributed by atoms with E-state index in [-0.39, 0.29) is 5.91 Å². The third-order valence-corrected chi connectivity index (χ3v) is 2.27. The van der Waals surface area contributed by atoms with E-state index >= 15 is 0 Å². The summed E-state index contributed by atoms with van der Waals surface area (Å²) in [7, 11) is 3.62. The van der Waals surface area contributed by atoms with Crippen molar-refractivity contribution < 1.29 is 4.79 Å². The summed E-state index contributed by atoms with van der Waals surface area (Å²) in [5.74, 6) is -0.0229. The average Bonchev–Trinajstić information content (AvgIpc) is 2.65. The Bertz CT molecular complexity index is 261. The first-order valence-corrected chi connectivity index (χ1v) is 4.70. The van der Waals surface area contributed by atoms with Gasteiger partial charge in [-0.15, -0.1) is 5.10 Å². The molecule has 0 fully saturated rings. The van der Waals surface area contributed by atoms with Crippen molar-refractivity contribution >= 4 is 17.4 Å². The molecule has 0 aliphatic carbocycles. The molecule has 1 aromatic rings. The molecule has 0 bridgehead atoms. The minimum absolute atomic E-state index is 0.0229. The normalized spacial score (nSPS) is 10.0. The maximum absolute atomic E-state index is 11.5. The van der Waals surface area contributed by atoms with Crippen LogP contribution in [0.5, 0.6) is 0 Å². The summed E-state index contributed by atoms with van der Waals surface area (Å²) in [5.41, 5.74) is 0. The molecule has 6 heteroatoms. The highest BCUT2D eigenvalue weighted by Gasteiger charge is 2.12. The predicted molar refractivity (Wildman–Crippen MR) is 50.8 cm³/mol. The van der Waals surface area contributed by atoms with E-state index in [2.05, 4.69) is 14.9 Å². The monoisotopic (exact) mass is 200 g/mol. The van der Waals surface area contributed by atoms with Crippen LogP contribution in [0.1, 0.15) is 9.67 Å². The van der Waals surface area contributed by atoms with Crippen LogP contribution in [0.3, 0.4) is 0 Å². The molecule has 0 unspecified atom stereocenters. The van der Waals surface area contributed by atoms with Crippen LogP contribution in [0.2, 0.25) is 0 Å². The minimum atomic E-state index is -0.0229. The van der Waals surface area contributed by atoms with Crippen LogP contribution < -0.4 is 5.32 Å². The van der Waals surface area contributed by atoms with E-state index in [4.69, 9.17) is 0 Å². The fourth-order valence-corrected chi connectivity index (χ4v) is 1.34. The highest BCUT2D eigenvalue weighted by atomic mass is 32.1. The zero-order valence-corrected chi connectivity index (χ0v) is 8.47. The Kier molecular flexibility index (Phi) is 3.78. The summed E-state index contributed by atoms with van der Waals surface area (Å²) in [5, 5.41) is 6.59. The SMILES string of the molecule is CNCCN(C)C(=O)c1cnns1. The lowest BCUT2D eigenvalue weighted by Crippen LogP contribution is -2.32. The summed E-state index contributed by atoms with van der Waals surface area (Å²) in [4.78, 5) is 13.8. The Morgan fingerprint density at radius 1 is 1.77 bits per heavy atom. The van der Waals surface area contributed by atoms with Crippen LogP contribution in [0.15, 0.2) is 6.20 Å². The Labute approximate surface area is 80.9 Å². The zero-order valence-electron chi connectivity index (χ0n) is 7.65. The van der Waals surface area contributed by atoms with Gasteiger partial charge in [-0.3, -0.25) is 4.79 Å². The zero-order chi connectivity index (χ0) is 9.68. The van der Waals surface area contributed by atoms with Crippen LogP contribution in [-0.2, 0) is 0 Å². The molecule has 0 atom stereocenters. The fraction of sp³-hybridized carbons (Fsp3) is 0.571. The van der Waals surface area contributed by atoms with Gasteiger partial charge in [0.25, 0.3) is 5.91 Å².